The van der Waals surface area contributed by atoms with Gasteiger partial charge in [-0.3, -0.25) is 14.3 Å². The van der Waals surface area contributed by atoms with E-state index in [4.69, 9.17) is 5.11 Å². The van der Waals surface area contributed by atoms with E-state index in [-0.39, 0.29) is 35.4 Å². The standard InChI is InChI=1S/C16H19FN4O4/c17-11-5-10-13(21(9-1-2-9)16(25)19-15(10)24)18-14(11)20-4-3-8(6-20)12(23)7-22/h5,8-9,12,22-23H,1-4,6-7H2,(H,19,24,25). The minimum absolute atomic E-state index is 0.0137. The van der Waals surface area contributed by atoms with Gasteiger partial charge in [0.05, 0.1) is 18.1 Å². The molecule has 3 N–H and O–H groups in total. The average molecular weight is 350 g/mol. The van der Waals surface area contributed by atoms with Gasteiger partial charge >= 0.3 is 5.69 Å². The lowest BCUT2D eigenvalue weighted by atomic mass is 10.0. The molecule has 2 atom stereocenters. The van der Waals surface area contributed by atoms with Gasteiger partial charge in [-0.2, -0.15) is 0 Å². The summed E-state index contributed by atoms with van der Waals surface area (Å²) in [6.07, 6.45) is 1.39. The highest BCUT2D eigenvalue weighted by Gasteiger charge is 2.32. The van der Waals surface area contributed by atoms with E-state index >= 15 is 0 Å². The zero-order valence-electron chi connectivity index (χ0n) is 13.5. The fourth-order valence-electron chi connectivity index (χ4n) is 3.48. The smallest absolute Gasteiger partial charge is 0.330 e. The van der Waals surface area contributed by atoms with Crippen LogP contribution >= 0.6 is 0 Å². The number of pyridine rings is 1. The number of hydrogen-bond acceptors (Lipinski definition) is 6. The second kappa shape index (κ2) is 5.92. The van der Waals surface area contributed by atoms with Crippen LogP contribution in [0.25, 0.3) is 11.0 Å². The number of aliphatic hydroxyl groups excluding tert-OH is 2. The quantitative estimate of drug-likeness (QED) is 0.700. The van der Waals surface area contributed by atoms with Gasteiger partial charge in [0.2, 0.25) is 0 Å². The van der Waals surface area contributed by atoms with E-state index < -0.39 is 23.2 Å². The molecular weight excluding hydrogens is 331 g/mol. The molecule has 1 saturated carbocycles. The van der Waals surface area contributed by atoms with Gasteiger partial charge in [0.25, 0.3) is 5.56 Å². The summed E-state index contributed by atoms with van der Waals surface area (Å²) in [5.41, 5.74) is -0.983. The van der Waals surface area contributed by atoms with Crippen LogP contribution in [0.5, 0.6) is 0 Å². The van der Waals surface area contributed by atoms with Gasteiger partial charge in [0.15, 0.2) is 17.3 Å². The van der Waals surface area contributed by atoms with E-state index in [2.05, 4.69) is 9.97 Å². The Balaban J connectivity index is 1.80. The molecule has 3 heterocycles. The van der Waals surface area contributed by atoms with Crippen LogP contribution < -0.4 is 16.1 Å². The number of aromatic amines is 1. The third-order valence-corrected chi connectivity index (χ3v) is 5.02. The van der Waals surface area contributed by atoms with Crippen molar-refractivity contribution in [3.05, 3.63) is 32.7 Å². The normalized spacial score (nSPS) is 21.9. The van der Waals surface area contributed by atoms with E-state index in [0.29, 0.717) is 19.5 Å². The van der Waals surface area contributed by atoms with Crippen molar-refractivity contribution >= 4 is 16.9 Å². The Kier molecular flexibility index (Phi) is 3.84. The zero-order valence-corrected chi connectivity index (χ0v) is 13.5. The molecule has 4 rings (SSSR count). The number of H-pyrrole nitrogens is 1. The summed E-state index contributed by atoms with van der Waals surface area (Å²) in [5.74, 6) is -0.746. The van der Waals surface area contributed by atoms with Crippen molar-refractivity contribution in [2.75, 3.05) is 24.6 Å². The molecule has 2 aliphatic rings. The fraction of sp³-hybridized carbons (Fsp3) is 0.562. The first kappa shape index (κ1) is 16.2. The van der Waals surface area contributed by atoms with Crippen molar-refractivity contribution in [3.8, 4) is 0 Å². The molecule has 0 bridgehead atoms. The van der Waals surface area contributed by atoms with E-state index in [1.807, 2.05) is 0 Å². The van der Waals surface area contributed by atoms with Crippen LogP contribution in [0.1, 0.15) is 25.3 Å². The van der Waals surface area contributed by atoms with Gasteiger partial charge in [-0.1, -0.05) is 0 Å². The molecule has 1 aliphatic carbocycles. The third-order valence-electron chi connectivity index (χ3n) is 5.02. The zero-order chi connectivity index (χ0) is 17.7. The maximum Gasteiger partial charge on any atom is 0.330 e. The maximum absolute atomic E-state index is 14.6. The van der Waals surface area contributed by atoms with Crippen LogP contribution in [0.2, 0.25) is 0 Å². The molecule has 25 heavy (non-hydrogen) atoms. The number of rotatable bonds is 4. The van der Waals surface area contributed by atoms with Crippen LogP contribution in [0.15, 0.2) is 15.7 Å². The topological polar surface area (TPSA) is 111 Å². The third kappa shape index (κ3) is 2.73. The molecule has 8 nitrogen and oxygen atoms in total. The molecule has 2 unspecified atom stereocenters. The first-order valence-corrected chi connectivity index (χ1v) is 8.38. The summed E-state index contributed by atoms with van der Waals surface area (Å²) < 4.78 is 16.0. The molecule has 0 spiro atoms. The number of nitrogens with one attached hydrogen (secondary N) is 1. The van der Waals surface area contributed by atoms with Gasteiger partial charge in [-0.25, -0.2) is 14.2 Å². The van der Waals surface area contributed by atoms with E-state index in [1.54, 1.807) is 4.90 Å². The summed E-state index contributed by atoms with van der Waals surface area (Å²) in [6.45, 7) is 0.491. The fourth-order valence-corrected chi connectivity index (χ4v) is 3.48. The molecule has 2 fully saturated rings. The number of hydrogen-bond donors (Lipinski definition) is 3. The molecule has 2 aromatic rings. The monoisotopic (exact) mass is 350 g/mol. The Hall–Kier alpha value is -2.26. The number of halogens is 1. The summed E-state index contributed by atoms with van der Waals surface area (Å²) in [6, 6.07) is 1.10. The number of anilines is 1. The van der Waals surface area contributed by atoms with E-state index in [0.717, 1.165) is 18.9 Å². The van der Waals surface area contributed by atoms with Crippen molar-refractivity contribution in [2.24, 2.45) is 5.92 Å². The second-order valence-electron chi connectivity index (χ2n) is 6.77. The van der Waals surface area contributed by atoms with Crippen LogP contribution in [0.3, 0.4) is 0 Å². The van der Waals surface area contributed by atoms with Gasteiger partial charge in [-0.15, -0.1) is 0 Å². The highest BCUT2D eigenvalue weighted by Crippen LogP contribution is 2.35. The molecule has 134 valence electrons. The molecule has 1 aliphatic heterocycles. The average Bonchev–Trinajstić information content (AvgIpc) is 3.29. The molecule has 0 radical (unpaired) electrons. The Morgan fingerprint density at radius 2 is 2.12 bits per heavy atom. The van der Waals surface area contributed by atoms with Crippen LogP contribution in [-0.2, 0) is 0 Å². The molecule has 0 aromatic carbocycles. The summed E-state index contributed by atoms with van der Waals surface area (Å²) >= 11 is 0. The minimum atomic E-state index is -0.860. The van der Waals surface area contributed by atoms with Gasteiger partial charge in [0.1, 0.15) is 0 Å². The molecule has 2 aromatic heterocycles. The van der Waals surface area contributed by atoms with Crippen LogP contribution in [-0.4, -0.2) is 50.5 Å². The van der Waals surface area contributed by atoms with E-state index in [1.165, 1.54) is 4.57 Å². The summed E-state index contributed by atoms with van der Waals surface area (Å²) in [5, 5.41) is 18.9. The summed E-state index contributed by atoms with van der Waals surface area (Å²) in [7, 11) is 0. The highest BCUT2D eigenvalue weighted by molar-refractivity contribution is 5.76. The number of aliphatic hydroxyl groups is 2. The Labute approximate surface area is 141 Å². The largest absolute Gasteiger partial charge is 0.394 e. The van der Waals surface area contributed by atoms with Crippen molar-refractivity contribution in [2.45, 2.75) is 31.4 Å². The minimum Gasteiger partial charge on any atom is -0.394 e. The van der Waals surface area contributed by atoms with Gasteiger partial charge < -0.3 is 15.1 Å². The SMILES string of the molecule is O=c1[nH]c(=O)n(C2CC2)c2nc(N3CCC(C(O)CO)C3)c(F)cc12. The number of fused-ring (bicyclic) bond motifs is 1. The lowest BCUT2D eigenvalue weighted by molar-refractivity contribution is 0.0545. The Morgan fingerprint density at radius 3 is 2.80 bits per heavy atom. The predicted molar refractivity (Wildman–Crippen MR) is 88.3 cm³/mol. The van der Waals surface area contributed by atoms with Crippen molar-refractivity contribution in [1.82, 2.24) is 14.5 Å². The van der Waals surface area contributed by atoms with Gasteiger partial charge in [0, 0.05) is 25.0 Å². The summed E-state index contributed by atoms with van der Waals surface area (Å²) in [4.78, 5) is 32.4. The molecular formula is C16H19FN4O4. The lowest BCUT2D eigenvalue weighted by Gasteiger charge is -2.20. The first-order chi connectivity index (χ1) is 12.0. The van der Waals surface area contributed by atoms with Crippen LogP contribution in [0, 0.1) is 11.7 Å². The second-order valence-corrected chi connectivity index (χ2v) is 6.77. The van der Waals surface area contributed by atoms with Crippen molar-refractivity contribution in [1.29, 1.82) is 0 Å². The van der Waals surface area contributed by atoms with E-state index in [9.17, 15) is 19.1 Å². The highest BCUT2D eigenvalue weighted by atomic mass is 19.1. The number of aromatic nitrogens is 3. The Morgan fingerprint density at radius 1 is 1.36 bits per heavy atom. The lowest BCUT2D eigenvalue weighted by Crippen LogP contribution is -2.32. The van der Waals surface area contributed by atoms with Crippen molar-refractivity contribution in [3.63, 3.8) is 0 Å². The number of nitrogens with zero attached hydrogens (tertiary/aromatic N) is 3. The molecule has 9 heteroatoms. The first-order valence-electron chi connectivity index (χ1n) is 8.38. The molecule has 1 saturated heterocycles. The van der Waals surface area contributed by atoms with Crippen LogP contribution in [0.4, 0.5) is 10.2 Å². The van der Waals surface area contributed by atoms with Gasteiger partial charge in [-0.05, 0) is 25.3 Å². The molecule has 0 amide bonds. The Bertz CT molecular complexity index is 936. The maximum atomic E-state index is 14.6. The van der Waals surface area contributed by atoms with Crippen molar-refractivity contribution < 1.29 is 14.6 Å². The predicted octanol–water partition coefficient (Wildman–Crippen LogP) is -0.262.